The first-order chi connectivity index (χ1) is 9.29. The predicted octanol–water partition coefficient (Wildman–Crippen LogP) is 4.07. The van der Waals surface area contributed by atoms with Crippen LogP contribution in [0.3, 0.4) is 0 Å². The van der Waals surface area contributed by atoms with Crippen molar-refractivity contribution in [1.82, 2.24) is 0 Å². The highest BCUT2D eigenvalue weighted by atomic mass is 35.5. The minimum atomic E-state index is -3.59. The van der Waals surface area contributed by atoms with Crippen molar-refractivity contribution in [3.05, 3.63) is 58.1 Å². The summed E-state index contributed by atoms with van der Waals surface area (Å²) < 4.78 is 27.2. The molecule has 5 heteroatoms. The molecule has 3 nitrogen and oxygen atoms in total. The molecule has 0 fully saturated rings. The predicted molar refractivity (Wildman–Crippen MR) is 82.9 cm³/mol. The molecule has 0 spiro atoms. The van der Waals surface area contributed by atoms with E-state index in [9.17, 15) is 8.42 Å². The van der Waals surface area contributed by atoms with Gasteiger partial charge in [-0.05, 0) is 67.8 Å². The van der Waals surface area contributed by atoms with Crippen molar-refractivity contribution in [3.63, 3.8) is 0 Å². The number of hydrogen-bond acceptors (Lipinski definition) is 2. The summed E-state index contributed by atoms with van der Waals surface area (Å²) in [6, 6.07) is 9.90. The van der Waals surface area contributed by atoms with Crippen molar-refractivity contribution < 1.29 is 8.42 Å². The fourth-order valence-electron chi connectivity index (χ4n) is 1.89. The van der Waals surface area contributed by atoms with Gasteiger partial charge in [0.15, 0.2) is 0 Å². The Morgan fingerprint density at radius 3 is 2.05 bits per heavy atom. The Morgan fingerprint density at radius 1 is 0.900 bits per heavy atom. The number of sulfonamides is 1. The Bertz CT molecular complexity index is 737. The Morgan fingerprint density at radius 2 is 1.45 bits per heavy atom. The molecule has 0 aromatic heterocycles. The molecule has 106 valence electrons. The molecule has 0 saturated carbocycles. The smallest absolute Gasteiger partial charge is 0.261 e. The molecule has 0 aliphatic rings. The van der Waals surface area contributed by atoms with Crippen LogP contribution in [0.15, 0.2) is 41.3 Å². The topological polar surface area (TPSA) is 46.2 Å². The van der Waals surface area contributed by atoms with Crippen molar-refractivity contribution in [2.45, 2.75) is 25.7 Å². The van der Waals surface area contributed by atoms with E-state index in [1.807, 2.05) is 32.9 Å². The normalized spacial score (nSPS) is 11.4. The second-order valence-corrected chi connectivity index (χ2v) is 6.93. The summed E-state index contributed by atoms with van der Waals surface area (Å²) in [7, 11) is -3.59. The highest BCUT2D eigenvalue weighted by Gasteiger charge is 2.15. The zero-order chi connectivity index (χ0) is 14.9. The lowest BCUT2D eigenvalue weighted by atomic mass is 10.1. The van der Waals surface area contributed by atoms with E-state index in [0.717, 1.165) is 16.7 Å². The maximum absolute atomic E-state index is 12.3. The average Bonchev–Trinajstić information content (AvgIpc) is 2.36. The Kier molecular flexibility index (Phi) is 4.06. The molecule has 2 aromatic carbocycles. The molecule has 0 aliphatic heterocycles. The van der Waals surface area contributed by atoms with Crippen LogP contribution in [0, 0.1) is 20.8 Å². The van der Waals surface area contributed by atoms with Gasteiger partial charge in [0.25, 0.3) is 10.0 Å². The van der Waals surface area contributed by atoms with Crippen LogP contribution in [0.25, 0.3) is 0 Å². The van der Waals surface area contributed by atoms with Crippen LogP contribution in [0.4, 0.5) is 5.69 Å². The number of benzene rings is 2. The van der Waals surface area contributed by atoms with Crippen LogP contribution in [0.2, 0.25) is 5.02 Å². The van der Waals surface area contributed by atoms with Crippen LogP contribution in [0.5, 0.6) is 0 Å². The molecule has 0 radical (unpaired) electrons. The highest BCUT2D eigenvalue weighted by Crippen LogP contribution is 2.23. The summed E-state index contributed by atoms with van der Waals surface area (Å²) in [5.74, 6) is 0. The van der Waals surface area contributed by atoms with Crippen LogP contribution in [-0.2, 0) is 10.0 Å². The lowest BCUT2D eigenvalue weighted by Crippen LogP contribution is -2.14. The molecule has 0 bridgehead atoms. The highest BCUT2D eigenvalue weighted by molar-refractivity contribution is 7.92. The first-order valence-electron chi connectivity index (χ1n) is 6.16. The quantitative estimate of drug-likeness (QED) is 0.929. The number of nitrogens with one attached hydrogen (secondary N) is 1. The molecule has 0 heterocycles. The molecular formula is C15H16ClNO2S. The van der Waals surface area contributed by atoms with Crippen molar-refractivity contribution in [2.24, 2.45) is 0 Å². The number of aryl methyl sites for hydroxylation is 3. The van der Waals surface area contributed by atoms with E-state index in [1.165, 1.54) is 12.1 Å². The molecule has 20 heavy (non-hydrogen) atoms. The van der Waals surface area contributed by atoms with E-state index in [-0.39, 0.29) is 4.90 Å². The van der Waals surface area contributed by atoms with Crippen LogP contribution in [-0.4, -0.2) is 8.42 Å². The fraction of sp³-hybridized carbons (Fsp3) is 0.200. The standard InChI is InChI=1S/C15H16ClNO2S/c1-10-8-12(3)15(9-11(10)2)17-20(18,19)14-6-4-13(16)5-7-14/h4-9,17H,1-3H3. The van der Waals surface area contributed by atoms with Gasteiger partial charge < -0.3 is 0 Å². The summed E-state index contributed by atoms with van der Waals surface area (Å²) in [6.07, 6.45) is 0. The fourth-order valence-corrected chi connectivity index (χ4v) is 3.14. The lowest BCUT2D eigenvalue weighted by molar-refractivity contribution is 0.601. The molecule has 2 aromatic rings. The molecule has 0 unspecified atom stereocenters. The first kappa shape index (κ1) is 14.9. The molecule has 0 atom stereocenters. The van der Waals surface area contributed by atoms with Gasteiger partial charge in [0, 0.05) is 5.02 Å². The molecule has 1 N–H and O–H groups in total. The molecule has 0 aliphatic carbocycles. The van der Waals surface area contributed by atoms with E-state index in [1.54, 1.807) is 12.1 Å². The third kappa shape index (κ3) is 3.14. The SMILES string of the molecule is Cc1cc(C)c(NS(=O)(=O)c2ccc(Cl)cc2)cc1C. The Balaban J connectivity index is 2.38. The van der Waals surface area contributed by atoms with E-state index < -0.39 is 10.0 Å². The van der Waals surface area contributed by atoms with Gasteiger partial charge in [-0.2, -0.15) is 0 Å². The zero-order valence-corrected chi connectivity index (χ0v) is 13.1. The third-order valence-corrected chi connectivity index (χ3v) is 4.84. The largest absolute Gasteiger partial charge is 0.279 e. The van der Waals surface area contributed by atoms with Crippen LogP contribution in [0.1, 0.15) is 16.7 Å². The van der Waals surface area contributed by atoms with Gasteiger partial charge >= 0.3 is 0 Å². The lowest BCUT2D eigenvalue weighted by Gasteiger charge is -2.13. The van der Waals surface area contributed by atoms with Gasteiger partial charge in [-0.1, -0.05) is 17.7 Å². The second kappa shape index (κ2) is 5.46. The molecule has 0 amide bonds. The second-order valence-electron chi connectivity index (χ2n) is 4.81. The zero-order valence-electron chi connectivity index (χ0n) is 11.6. The van der Waals surface area contributed by atoms with E-state index in [2.05, 4.69) is 4.72 Å². The molecular weight excluding hydrogens is 294 g/mol. The minimum Gasteiger partial charge on any atom is -0.279 e. The monoisotopic (exact) mass is 309 g/mol. The van der Waals surface area contributed by atoms with E-state index >= 15 is 0 Å². The van der Waals surface area contributed by atoms with Gasteiger partial charge in [0.1, 0.15) is 0 Å². The van der Waals surface area contributed by atoms with Crippen molar-refractivity contribution >= 4 is 27.3 Å². The third-order valence-electron chi connectivity index (χ3n) is 3.21. The summed E-state index contributed by atoms with van der Waals surface area (Å²) in [4.78, 5) is 0.194. The maximum atomic E-state index is 12.3. The Labute approximate surface area is 124 Å². The van der Waals surface area contributed by atoms with Crippen LogP contribution >= 0.6 is 11.6 Å². The summed E-state index contributed by atoms with van der Waals surface area (Å²) in [6.45, 7) is 5.83. The maximum Gasteiger partial charge on any atom is 0.261 e. The number of hydrogen-bond donors (Lipinski definition) is 1. The van der Waals surface area contributed by atoms with Crippen LogP contribution < -0.4 is 4.72 Å². The van der Waals surface area contributed by atoms with Gasteiger partial charge in [-0.15, -0.1) is 0 Å². The van der Waals surface area contributed by atoms with Crippen molar-refractivity contribution in [2.75, 3.05) is 4.72 Å². The van der Waals surface area contributed by atoms with Gasteiger partial charge in [0.05, 0.1) is 10.6 Å². The van der Waals surface area contributed by atoms with Crippen molar-refractivity contribution in [1.29, 1.82) is 0 Å². The summed E-state index contributed by atoms with van der Waals surface area (Å²) in [5, 5.41) is 0.506. The summed E-state index contributed by atoms with van der Waals surface area (Å²) in [5.41, 5.74) is 3.68. The van der Waals surface area contributed by atoms with E-state index in [0.29, 0.717) is 10.7 Å². The number of halogens is 1. The van der Waals surface area contributed by atoms with E-state index in [4.69, 9.17) is 11.6 Å². The first-order valence-corrected chi connectivity index (χ1v) is 8.02. The minimum absolute atomic E-state index is 0.194. The Hall–Kier alpha value is -1.52. The van der Waals surface area contributed by atoms with Gasteiger partial charge in [0.2, 0.25) is 0 Å². The molecule has 0 saturated heterocycles. The number of rotatable bonds is 3. The average molecular weight is 310 g/mol. The molecule has 2 rings (SSSR count). The summed E-state index contributed by atoms with van der Waals surface area (Å²) >= 11 is 5.77. The number of anilines is 1. The van der Waals surface area contributed by atoms with Gasteiger partial charge in [-0.3, -0.25) is 4.72 Å². The van der Waals surface area contributed by atoms with Crippen molar-refractivity contribution in [3.8, 4) is 0 Å². The van der Waals surface area contributed by atoms with Gasteiger partial charge in [-0.25, -0.2) is 8.42 Å².